The van der Waals surface area contributed by atoms with E-state index in [2.05, 4.69) is 9.97 Å². The van der Waals surface area contributed by atoms with Crippen molar-refractivity contribution in [2.45, 2.75) is 32.8 Å². The first-order valence-corrected chi connectivity index (χ1v) is 8.91. The predicted molar refractivity (Wildman–Crippen MR) is 97.5 cm³/mol. The SMILES string of the molecule is Cc1cc(OC2CCCN(C(=O)c3ccc(Cl)cc3Cl)C2)nc(C)n1. The zero-order valence-corrected chi connectivity index (χ0v) is 15.6. The first-order chi connectivity index (χ1) is 11.9. The Balaban J connectivity index is 1.71. The molecule has 25 heavy (non-hydrogen) atoms. The van der Waals surface area contributed by atoms with Crippen molar-refractivity contribution in [1.29, 1.82) is 0 Å². The molecule has 3 rings (SSSR count). The topological polar surface area (TPSA) is 55.3 Å². The average molecular weight is 380 g/mol. The lowest BCUT2D eigenvalue weighted by atomic mass is 10.1. The van der Waals surface area contributed by atoms with Crippen LogP contribution in [0.3, 0.4) is 0 Å². The Bertz CT molecular complexity index is 778. The molecule has 2 aromatic rings. The van der Waals surface area contributed by atoms with Crippen LogP contribution in [0.15, 0.2) is 24.3 Å². The van der Waals surface area contributed by atoms with Gasteiger partial charge < -0.3 is 9.64 Å². The van der Waals surface area contributed by atoms with E-state index in [1.165, 1.54) is 0 Å². The summed E-state index contributed by atoms with van der Waals surface area (Å²) in [4.78, 5) is 23.1. The molecule has 132 valence electrons. The lowest BCUT2D eigenvalue weighted by molar-refractivity contribution is 0.0527. The van der Waals surface area contributed by atoms with Crippen LogP contribution in [0.2, 0.25) is 10.0 Å². The second-order valence-corrected chi connectivity index (χ2v) is 7.00. The number of aromatic nitrogens is 2. The summed E-state index contributed by atoms with van der Waals surface area (Å²) in [6, 6.07) is 6.73. The number of carbonyl (C=O) groups excluding carboxylic acids is 1. The Morgan fingerprint density at radius 2 is 2.04 bits per heavy atom. The average Bonchev–Trinajstić information content (AvgIpc) is 2.53. The van der Waals surface area contributed by atoms with Gasteiger partial charge in [0.05, 0.1) is 17.1 Å². The van der Waals surface area contributed by atoms with E-state index in [0.29, 0.717) is 40.4 Å². The summed E-state index contributed by atoms with van der Waals surface area (Å²) in [5.41, 5.74) is 1.32. The summed E-state index contributed by atoms with van der Waals surface area (Å²) >= 11 is 12.1. The predicted octanol–water partition coefficient (Wildman–Crippen LogP) is 4.08. The van der Waals surface area contributed by atoms with Crippen molar-refractivity contribution >= 4 is 29.1 Å². The molecule has 0 saturated carbocycles. The minimum Gasteiger partial charge on any atom is -0.472 e. The van der Waals surface area contributed by atoms with Crippen LogP contribution in [0.4, 0.5) is 0 Å². The maximum absolute atomic E-state index is 12.8. The zero-order chi connectivity index (χ0) is 18.0. The highest BCUT2D eigenvalue weighted by Crippen LogP contribution is 2.24. The van der Waals surface area contributed by atoms with E-state index in [9.17, 15) is 4.79 Å². The van der Waals surface area contributed by atoms with E-state index in [0.717, 1.165) is 18.5 Å². The van der Waals surface area contributed by atoms with Gasteiger partial charge in [-0.25, -0.2) is 4.98 Å². The van der Waals surface area contributed by atoms with Gasteiger partial charge in [-0.15, -0.1) is 0 Å². The third-order valence-electron chi connectivity index (χ3n) is 4.06. The molecule has 1 amide bonds. The molecule has 1 fully saturated rings. The molecule has 1 aromatic carbocycles. The van der Waals surface area contributed by atoms with Gasteiger partial charge in [0, 0.05) is 23.3 Å². The Labute approximate surface area is 156 Å². The summed E-state index contributed by atoms with van der Waals surface area (Å²) in [5, 5.41) is 0.874. The number of likely N-dealkylation sites (tertiary alicyclic amines) is 1. The minimum atomic E-state index is -0.106. The number of ether oxygens (including phenoxy) is 1. The molecule has 0 spiro atoms. The van der Waals surface area contributed by atoms with Crippen LogP contribution in [0, 0.1) is 13.8 Å². The number of rotatable bonds is 3. The maximum atomic E-state index is 12.8. The fourth-order valence-corrected chi connectivity index (χ4v) is 3.46. The smallest absolute Gasteiger partial charge is 0.255 e. The molecule has 0 bridgehead atoms. The molecule has 1 aliphatic rings. The second-order valence-electron chi connectivity index (χ2n) is 6.15. The summed E-state index contributed by atoms with van der Waals surface area (Å²) < 4.78 is 5.98. The van der Waals surface area contributed by atoms with E-state index in [-0.39, 0.29) is 12.0 Å². The van der Waals surface area contributed by atoms with Crippen molar-refractivity contribution in [2.24, 2.45) is 0 Å². The zero-order valence-electron chi connectivity index (χ0n) is 14.1. The number of aryl methyl sites for hydroxylation is 2. The van der Waals surface area contributed by atoms with Gasteiger partial charge >= 0.3 is 0 Å². The summed E-state index contributed by atoms with van der Waals surface area (Å²) in [6.45, 7) is 4.92. The fourth-order valence-electron chi connectivity index (χ4n) is 2.97. The third kappa shape index (κ3) is 4.41. The lowest BCUT2D eigenvalue weighted by Gasteiger charge is -2.33. The van der Waals surface area contributed by atoms with Crippen molar-refractivity contribution in [3.8, 4) is 5.88 Å². The van der Waals surface area contributed by atoms with Crippen LogP contribution in [0.5, 0.6) is 5.88 Å². The van der Waals surface area contributed by atoms with E-state index < -0.39 is 0 Å². The minimum absolute atomic E-state index is 0.0996. The molecule has 1 aromatic heterocycles. The van der Waals surface area contributed by atoms with Crippen molar-refractivity contribution in [1.82, 2.24) is 14.9 Å². The van der Waals surface area contributed by atoms with Crippen molar-refractivity contribution in [2.75, 3.05) is 13.1 Å². The molecule has 0 radical (unpaired) electrons. The van der Waals surface area contributed by atoms with Crippen LogP contribution in [0.1, 0.15) is 34.7 Å². The maximum Gasteiger partial charge on any atom is 0.255 e. The highest BCUT2D eigenvalue weighted by atomic mass is 35.5. The van der Waals surface area contributed by atoms with Crippen molar-refractivity contribution < 1.29 is 9.53 Å². The lowest BCUT2D eigenvalue weighted by Crippen LogP contribution is -2.44. The monoisotopic (exact) mass is 379 g/mol. The van der Waals surface area contributed by atoms with Gasteiger partial charge in [0.25, 0.3) is 5.91 Å². The molecule has 1 unspecified atom stereocenters. The van der Waals surface area contributed by atoms with Gasteiger partial charge in [-0.2, -0.15) is 4.98 Å². The van der Waals surface area contributed by atoms with E-state index in [1.54, 1.807) is 23.1 Å². The normalized spacial score (nSPS) is 17.4. The number of carbonyl (C=O) groups is 1. The molecule has 1 saturated heterocycles. The van der Waals surface area contributed by atoms with Crippen molar-refractivity contribution in [3.63, 3.8) is 0 Å². The standard InChI is InChI=1S/C18H19Cl2N3O2/c1-11-8-17(22-12(2)21-11)25-14-4-3-7-23(10-14)18(24)15-6-5-13(19)9-16(15)20/h5-6,8-9,14H,3-4,7,10H2,1-2H3. The number of amides is 1. The van der Waals surface area contributed by atoms with Gasteiger partial charge in [0.2, 0.25) is 5.88 Å². The van der Waals surface area contributed by atoms with E-state index in [4.69, 9.17) is 27.9 Å². The molecule has 5 nitrogen and oxygen atoms in total. The number of benzene rings is 1. The first kappa shape index (κ1) is 18.0. The van der Waals surface area contributed by atoms with Crippen molar-refractivity contribution in [3.05, 3.63) is 51.4 Å². The Morgan fingerprint density at radius 3 is 2.76 bits per heavy atom. The largest absolute Gasteiger partial charge is 0.472 e. The number of nitrogens with zero attached hydrogens (tertiary/aromatic N) is 3. The highest BCUT2D eigenvalue weighted by Gasteiger charge is 2.27. The van der Waals surface area contributed by atoms with Crippen LogP contribution < -0.4 is 4.74 Å². The van der Waals surface area contributed by atoms with Crippen LogP contribution in [-0.2, 0) is 0 Å². The number of halogens is 2. The molecule has 0 aliphatic carbocycles. The Morgan fingerprint density at radius 1 is 1.24 bits per heavy atom. The van der Waals surface area contributed by atoms with Gasteiger partial charge in [-0.3, -0.25) is 4.79 Å². The third-order valence-corrected chi connectivity index (χ3v) is 4.60. The van der Waals surface area contributed by atoms with Gasteiger partial charge in [-0.05, 0) is 44.9 Å². The summed E-state index contributed by atoms with van der Waals surface area (Å²) in [7, 11) is 0. The van der Waals surface area contributed by atoms with E-state index >= 15 is 0 Å². The van der Waals surface area contributed by atoms with Crippen LogP contribution in [0.25, 0.3) is 0 Å². The quantitative estimate of drug-likeness (QED) is 0.805. The summed E-state index contributed by atoms with van der Waals surface area (Å²) in [6.07, 6.45) is 1.64. The van der Waals surface area contributed by atoms with Crippen LogP contribution >= 0.6 is 23.2 Å². The number of hydrogen-bond donors (Lipinski definition) is 0. The molecule has 7 heteroatoms. The van der Waals surface area contributed by atoms with Gasteiger partial charge in [-0.1, -0.05) is 23.2 Å². The highest BCUT2D eigenvalue weighted by molar-refractivity contribution is 6.36. The molecule has 2 heterocycles. The second kappa shape index (κ2) is 7.58. The van der Waals surface area contributed by atoms with Gasteiger partial charge in [0.1, 0.15) is 11.9 Å². The Kier molecular flexibility index (Phi) is 5.45. The Hall–Kier alpha value is -1.85. The van der Waals surface area contributed by atoms with Gasteiger partial charge in [0.15, 0.2) is 0 Å². The first-order valence-electron chi connectivity index (χ1n) is 8.15. The molecule has 1 atom stereocenters. The van der Waals surface area contributed by atoms with E-state index in [1.807, 2.05) is 19.9 Å². The summed E-state index contributed by atoms with van der Waals surface area (Å²) in [5.74, 6) is 1.12. The molecular weight excluding hydrogens is 361 g/mol. The molecular formula is C18H19Cl2N3O2. The number of hydrogen-bond acceptors (Lipinski definition) is 4. The fraction of sp³-hybridized carbons (Fsp3) is 0.389. The number of piperidine rings is 1. The molecule has 1 aliphatic heterocycles. The molecule has 0 N–H and O–H groups in total. The van der Waals surface area contributed by atoms with Crippen LogP contribution in [-0.4, -0.2) is 40.0 Å².